The van der Waals surface area contributed by atoms with Crippen LogP contribution in [0.25, 0.3) is 22.2 Å². The number of aromatic nitrogens is 1. The molecule has 20 heavy (non-hydrogen) atoms. The highest BCUT2D eigenvalue weighted by atomic mass is 32.2. The van der Waals surface area contributed by atoms with Crippen LogP contribution in [-0.4, -0.2) is 13.0 Å². The molecular formula is C15H14N2O2S. The molecule has 0 fully saturated rings. The molecule has 3 rings (SSSR count). The fraction of sp³-hybridized carbons (Fsp3) is 0.0667. The van der Waals surface area contributed by atoms with Crippen LogP contribution in [0.15, 0.2) is 59.5 Å². The third-order valence-electron chi connectivity index (χ3n) is 3.41. The second-order valence-corrected chi connectivity index (χ2v) is 6.28. The Balaban J connectivity index is 2.26. The van der Waals surface area contributed by atoms with Crippen molar-refractivity contribution < 1.29 is 8.42 Å². The number of aryl methyl sites for hydroxylation is 1. The fourth-order valence-electron chi connectivity index (χ4n) is 2.37. The van der Waals surface area contributed by atoms with Crippen molar-refractivity contribution in [3.8, 4) is 11.3 Å². The first kappa shape index (κ1) is 12.9. The molecule has 0 aliphatic rings. The van der Waals surface area contributed by atoms with E-state index in [1.54, 1.807) is 12.1 Å². The Bertz CT molecular complexity index is 881. The van der Waals surface area contributed by atoms with E-state index in [4.69, 9.17) is 5.14 Å². The van der Waals surface area contributed by atoms with E-state index in [1.165, 1.54) is 6.07 Å². The zero-order chi connectivity index (χ0) is 14.3. The number of fused-ring (bicyclic) bond motifs is 1. The maximum Gasteiger partial charge on any atom is 0.238 e. The first-order chi connectivity index (χ1) is 9.47. The van der Waals surface area contributed by atoms with Crippen molar-refractivity contribution in [2.45, 2.75) is 4.90 Å². The van der Waals surface area contributed by atoms with E-state index in [1.807, 2.05) is 48.0 Å². The summed E-state index contributed by atoms with van der Waals surface area (Å²) in [6, 6.07) is 16.9. The Morgan fingerprint density at radius 3 is 2.35 bits per heavy atom. The van der Waals surface area contributed by atoms with Crippen LogP contribution in [0.5, 0.6) is 0 Å². The number of benzene rings is 2. The maximum atomic E-state index is 11.4. The Hall–Kier alpha value is -2.11. The van der Waals surface area contributed by atoms with E-state index in [-0.39, 0.29) is 4.90 Å². The van der Waals surface area contributed by atoms with Crippen molar-refractivity contribution >= 4 is 20.9 Å². The van der Waals surface area contributed by atoms with Crippen molar-refractivity contribution in [2.75, 3.05) is 0 Å². The summed E-state index contributed by atoms with van der Waals surface area (Å²) in [6.07, 6.45) is 0. The number of hydrogen-bond acceptors (Lipinski definition) is 2. The lowest BCUT2D eigenvalue weighted by Gasteiger charge is -2.04. The quantitative estimate of drug-likeness (QED) is 0.786. The number of sulfonamides is 1. The van der Waals surface area contributed by atoms with Crippen LogP contribution in [0, 0.1) is 0 Å². The Labute approximate surface area is 117 Å². The Kier molecular flexibility index (Phi) is 2.88. The smallest absolute Gasteiger partial charge is 0.238 e. The summed E-state index contributed by atoms with van der Waals surface area (Å²) in [5.74, 6) is 0. The van der Waals surface area contributed by atoms with Crippen molar-refractivity contribution in [2.24, 2.45) is 12.2 Å². The van der Waals surface area contributed by atoms with Crippen molar-refractivity contribution in [1.29, 1.82) is 0 Å². The molecule has 2 N–H and O–H groups in total. The van der Waals surface area contributed by atoms with Gasteiger partial charge in [0.2, 0.25) is 10.0 Å². The average Bonchev–Trinajstić information content (AvgIpc) is 2.76. The monoisotopic (exact) mass is 286 g/mol. The molecule has 1 aromatic heterocycles. The van der Waals surface area contributed by atoms with Gasteiger partial charge in [-0.05, 0) is 23.8 Å². The largest absolute Gasteiger partial charge is 0.344 e. The van der Waals surface area contributed by atoms with E-state index in [0.29, 0.717) is 0 Å². The van der Waals surface area contributed by atoms with E-state index in [0.717, 1.165) is 22.2 Å². The molecule has 2 aromatic carbocycles. The van der Waals surface area contributed by atoms with Crippen molar-refractivity contribution in [3.05, 3.63) is 54.6 Å². The minimum Gasteiger partial charge on any atom is -0.344 e. The number of rotatable bonds is 2. The predicted octanol–water partition coefficient (Wildman–Crippen LogP) is 2.49. The number of nitrogens with two attached hydrogens (primary N) is 1. The molecule has 0 saturated heterocycles. The van der Waals surface area contributed by atoms with Gasteiger partial charge in [0, 0.05) is 23.6 Å². The molecule has 0 atom stereocenters. The lowest BCUT2D eigenvalue weighted by Crippen LogP contribution is -2.11. The van der Waals surface area contributed by atoms with E-state index in [9.17, 15) is 8.42 Å². The third kappa shape index (κ3) is 2.11. The minimum absolute atomic E-state index is 0.130. The topological polar surface area (TPSA) is 65.1 Å². The number of hydrogen-bond donors (Lipinski definition) is 1. The van der Waals surface area contributed by atoms with Gasteiger partial charge in [0.1, 0.15) is 0 Å². The summed E-state index contributed by atoms with van der Waals surface area (Å²) in [6.45, 7) is 0. The highest BCUT2D eigenvalue weighted by molar-refractivity contribution is 7.89. The minimum atomic E-state index is -3.68. The lowest BCUT2D eigenvalue weighted by atomic mass is 10.1. The van der Waals surface area contributed by atoms with Gasteiger partial charge in [-0.25, -0.2) is 13.6 Å². The number of primary sulfonamides is 1. The van der Waals surface area contributed by atoms with Crippen molar-refractivity contribution in [1.82, 2.24) is 4.57 Å². The fourth-order valence-corrected chi connectivity index (χ4v) is 2.91. The van der Waals surface area contributed by atoms with Gasteiger partial charge < -0.3 is 4.57 Å². The highest BCUT2D eigenvalue weighted by Gasteiger charge is 2.12. The zero-order valence-corrected chi connectivity index (χ0v) is 11.8. The van der Waals surface area contributed by atoms with Crippen molar-refractivity contribution in [3.63, 3.8) is 0 Å². The Morgan fingerprint density at radius 2 is 1.70 bits per heavy atom. The van der Waals surface area contributed by atoms with Crippen LogP contribution in [-0.2, 0) is 17.1 Å². The average molecular weight is 286 g/mol. The van der Waals surface area contributed by atoms with Crippen LogP contribution in [0.4, 0.5) is 0 Å². The summed E-state index contributed by atoms with van der Waals surface area (Å²) in [5.41, 5.74) is 2.96. The molecule has 0 aliphatic heterocycles. The highest BCUT2D eigenvalue weighted by Crippen LogP contribution is 2.28. The van der Waals surface area contributed by atoms with Gasteiger partial charge in [-0.2, -0.15) is 0 Å². The number of nitrogens with zero attached hydrogens (tertiary/aromatic N) is 1. The second-order valence-electron chi connectivity index (χ2n) is 4.72. The van der Waals surface area contributed by atoms with Gasteiger partial charge >= 0.3 is 0 Å². The van der Waals surface area contributed by atoms with Gasteiger partial charge in [-0.3, -0.25) is 0 Å². The zero-order valence-electron chi connectivity index (χ0n) is 10.9. The molecular weight excluding hydrogens is 272 g/mol. The third-order valence-corrected chi connectivity index (χ3v) is 4.33. The summed E-state index contributed by atoms with van der Waals surface area (Å²) in [7, 11) is -1.77. The summed E-state index contributed by atoms with van der Waals surface area (Å²) < 4.78 is 24.8. The van der Waals surface area contributed by atoms with Crippen LogP contribution < -0.4 is 5.14 Å². The molecule has 3 aromatic rings. The molecule has 0 aliphatic carbocycles. The maximum absolute atomic E-state index is 11.4. The van der Waals surface area contributed by atoms with Gasteiger partial charge in [-0.15, -0.1) is 0 Å². The molecule has 1 heterocycles. The van der Waals surface area contributed by atoms with Crippen LogP contribution in [0.1, 0.15) is 0 Å². The van der Waals surface area contributed by atoms with Crippen LogP contribution in [0.2, 0.25) is 0 Å². The van der Waals surface area contributed by atoms with Gasteiger partial charge in [0.25, 0.3) is 0 Å². The molecule has 4 nitrogen and oxygen atoms in total. The second kappa shape index (κ2) is 4.47. The molecule has 0 radical (unpaired) electrons. The normalized spacial score (nSPS) is 11.9. The lowest BCUT2D eigenvalue weighted by molar-refractivity contribution is 0.598. The van der Waals surface area contributed by atoms with E-state index in [2.05, 4.69) is 0 Å². The SMILES string of the molecule is Cn1c(-c2ccccc2)cc2ccc(S(N)(=O)=O)cc21. The molecule has 0 unspecified atom stereocenters. The molecule has 0 amide bonds. The first-order valence-corrected chi connectivity index (χ1v) is 7.69. The van der Waals surface area contributed by atoms with Crippen LogP contribution in [0.3, 0.4) is 0 Å². The van der Waals surface area contributed by atoms with Gasteiger partial charge in [-0.1, -0.05) is 36.4 Å². The standard InChI is InChI=1S/C15H14N2O2S/c1-17-14(11-5-3-2-4-6-11)9-12-7-8-13(10-15(12)17)20(16,18)19/h2-10H,1H3,(H2,16,18,19). The predicted molar refractivity (Wildman–Crippen MR) is 79.7 cm³/mol. The Morgan fingerprint density at radius 1 is 1.00 bits per heavy atom. The van der Waals surface area contributed by atoms with E-state index < -0.39 is 10.0 Å². The van der Waals surface area contributed by atoms with E-state index >= 15 is 0 Å². The van der Waals surface area contributed by atoms with Gasteiger partial charge in [0.05, 0.1) is 4.90 Å². The summed E-state index contributed by atoms with van der Waals surface area (Å²) >= 11 is 0. The molecule has 102 valence electrons. The first-order valence-electron chi connectivity index (χ1n) is 6.14. The molecule has 0 spiro atoms. The molecule has 5 heteroatoms. The summed E-state index contributed by atoms with van der Waals surface area (Å²) in [5, 5.41) is 6.16. The molecule has 0 saturated carbocycles. The van der Waals surface area contributed by atoms with Crippen LogP contribution >= 0.6 is 0 Å². The molecule has 0 bridgehead atoms. The summed E-state index contributed by atoms with van der Waals surface area (Å²) in [4.78, 5) is 0.130. The van der Waals surface area contributed by atoms with Gasteiger partial charge in [0.15, 0.2) is 0 Å².